The summed E-state index contributed by atoms with van der Waals surface area (Å²) in [4.78, 5) is 16.3. The lowest BCUT2D eigenvalue weighted by Gasteiger charge is -2.31. The Kier molecular flexibility index (Phi) is 5.97. The fourth-order valence-electron chi connectivity index (χ4n) is 2.36. The first-order chi connectivity index (χ1) is 8.86. The van der Waals surface area contributed by atoms with Gasteiger partial charge in [0.2, 0.25) is 5.91 Å². The number of hydrogen-bond donors (Lipinski definition) is 2. The Balaban J connectivity index is 2.80. The monoisotopic (exact) mass is 283 g/mol. The fourth-order valence-corrected chi connectivity index (χ4v) is 3.52. The number of thiophene rings is 1. The number of amides is 1. The second-order valence-electron chi connectivity index (χ2n) is 5.21. The third-order valence-electron chi connectivity index (χ3n) is 3.28. The van der Waals surface area contributed by atoms with Crippen molar-refractivity contribution in [1.82, 2.24) is 10.2 Å². The molecule has 0 aliphatic heterocycles. The van der Waals surface area contributed by atoms with Crippen LogP contribution in [0.15, 0.2) is 12.1 Å². The number of likely N-dealkylation sites (N-methyl/N-ethyl adjacent to an activating group) is 1. The number of carbonyl (C=O) groups excluding carboxylic acids is 1. The summed E-state index contributed by atoms with van der Waals surface area (Å²) >= 11 is 1.77. The molecule has 4 nitrogen and oxygen atoms in total. The van der Waals surface area contributed by atoms with Crippen molar-refractivity contribution >= 4 is 17.2 Å². The van der Waals surface area contributed by atoms with Gasteiger partial charge in [-0.3, -0.25) is 9.69 Å². The molecule has 0 aliphatic rings. The van der Waals surface area contributed by atoms with Crippen LogP contribution in [0.1, 0.15) is 29.6 Å². The van der Waals surface area contributed by atoms with Crippen LogP contribution in [-0.4, -0.2) is 37.5 Å². The summed E-state index contributed by atoms with van der Waals surface area (Å²) in [6, 6.07) is 4.44. The Morgan fingerprint density at radius 2 is 2.11 bits per heavy atom. The standard InChI is InChI=1S/C14H25N3OS/c1-9(14(18)16-4)8-17(5)13(11(3)15)12-7-6-10(2)19-12/h6-7,9,11,13H,8,15H2,1-5H3,(H,16,18). The number of nitrogens with one attached hydrogen (secondary N) is 1. The molecule has 0 aromatic carbocycles. The quantitative estimate of drug-likeness (QED) is 0.836. The molecular formula is C14H25N3OS. The minimum atomic E-state index is -0.0442. The molecule has 19 heavy (non-hydrogen) atoms. The van der Waals surface area contributed by atoms with Gasteiger partial charge in [0.25, 0.3) is 0 Å². The summed E-state index contributed by atoms with van der Waals surface area (Å²) in [5.74, 6) is 0.0231. The van der Waals surface area contributed by atoms with Crippen LogP contribution >= 0.6 is 11.3 Å². The molecule has 0 bridgehead atoms. The average molecular weight is 283 g/mol. The van der Waals surface area contributed by atoms with Crippen LogP contribution in [0.2, 0.25) is 0 Å². The van der Waals surface area contributed by atoms with E-state index < -0.39 is 0 Å². The van der Waals surface area contributed by atoms with Gasteiger partial charge in [-0.15, -0.1) is 11.3 Å². The highest BCUT2D eigenvalue weighted by atomic mass is 32.1. The lowest BCUT2D eigenvalue weighted by Crippen LogP contribution is -2.41. The van der Waals surface area contributed by atoms with Gasteiger partial charge < -0.3 is 11.1 Å². The van der Waals surface area contributed by atoms with Gasteiger partial charge in [0.05, 0.1) is 6.04 Å². The van der Waals surface area contributed by atoms with Crippen molar-refractivity contribution in [2.24, 2.45) is 11.7 Å². The van der Waals surface area contributed by atoms with E-state index in [1.54, 1.807) is 18.4 Å². The van der Waals surface area contributed by atoms with Crippen molar-refractivity contribution in [2.45, 2.75) is 32.9 Å². The highest BCUT2D eigenvalue weighted by Gasteiger charge is 2.25. The summed E-state index contributed by atoms with van der Waals surface area (Å²) in [6.45, 7) is 6.75. The van der Waals surface area contributed by atoms with Crippen molar-refractivity contribution in [3.8, 4) is 0 Å². The SMILES string of the molecule is CNC(=O)C(C)CN(C)C(c1ccc(C)s1)C(C)N. The highest BCUT2D eigenvalue weighted by molar-refractivity contribution is 7.12. The third kappa shape index (κ3) is 4.30. The van der Waals surface area contributed by atoms with E-state index in [1.165, 1.54) is 9.75 Å². The molecule has 3 atom stereocenters. The van der Waals surface area contributed by atoms with Crippen LogP contribution in [-0.2, 0) is 4.79 Å². The van der Waals surface area contributed by atoms with Crippen LogP contribution < -0.4 is 11.1 Å². The van der Waals surface area contributed by atoms with E-state index in [9.17, 15) is 4.79 Å². The smallest absolute Gasteiger partial charge is 0.223 e. The molecular weight excluding hydrogens is 258 g/mol. The molecule has 0 saturated heterocycles. The zero-order chi connectivity index (χ0) is 14.6. The number of carbonyl (C=O) groups is 1. The first-order valence-electron chi connectivity index (χ1n) is 6.60. The van der Waals surface area contributed by atoms with Crippen molar-refractivity contribution in [1.29, 1.82) is 0 Å². The van der Waals surface area contributed by atoms with Crippen LogP contribution in [0.3, 0.4) is 0 Å². The van der Waals surface area contributed by atoms with Gasteiger partial charge in [-0.1, -0.05) is 6.92 Å². The Morgan fingerprint density at radius 3 is 2.53 bits per heavy atom. The summed E-state index contributed by atoms with van der Waals surface area (Å²) in [6.07, 6.45) is 0. The molecule has 3 N–H and O–H groups in total. The molecule has 0 saturated carbocycles. The molecule has 5 heteroatoms. The van der Waals surface area contributed by atoms with Gasteiger partial charge >= 0.3 is 0 Å². The van der Waals surface area contributed by atoms with E-state index in [4.69, 9.17) is 5.73 Å². The Hall–Kier alpha value is -0.910. The van der Waals surface area contributed by atoms with E-state index in [0.717, 1.165) is 0 Å². The van der Waals surface area contributed by atoms with Crippen molar-refractivity contribution in [2.75, 3.05) is 20.6 Å². The van der Waals surface area contributed by atoms with Crippen LogP contribution in [0.4, 0.5) is 0 Å². The van der Waals surface area contributed by atoms with E-state index in [0.29, 0.717) is 6.54 Å². The molecule has 1 rings (SSSR count). The Labute approximate surface area is 120 Å². The first kappa shape index (κ1) is 16.1. The molecule has 0 fully saturated rings. The molecule has 3 unspecified atom stereocenters. The minimum Gasteiger partial charge on any atom is -0.359 e. The molecule has 0 aliphatic carbocycles. The molecule has 1 amide bonds. The van der Waals surface area contributed by atoms with E-state index in [2.05, 4.69) is 29.3 Å². The molecule has 1 heterocycles. The van der Waals surface area contributed by atoms with Crippen LogP contribution in [0.5, 0.6) is 0 Å². The number of nitrogens with zero attached hydrogens (tertiary/aromatic N) is 1. The topological polar surface area (TPSA) is 58.4 Å². The second kappa shape index (κ2) is 7.03. The first-order valence-corrected chi connectivity index (χ1v) is 7.42. The predicted octanol–water partition coefficient (Wildman–Crippen LogP) is 1.76. The normalized spacial score (nSPS) is 16.2. The van der Waals surface area contributed by atoms with Gasteiger partial charge in [0, 0.05) is 35.3 Å². The third-order valence-corrected chi connectivity index (χ3v) is 4.35. The lowest BCUT2D eigenvalue weighted by atomic mass is 10.0. The average Bonchev–Trinajstić information content (AvgIpc) is 2.73. The number of aryl methyl sites for hydroxylation is 1. The molecule has 0 spiro atoms. The molecule has 108 valence electrons. The zero-order valence-corrected chi connectivity index (χ0v) is 13.3. The van der Waals surface area contributed by atoms with Crippen LogP contribution in [0.25, 0.3) is 0 Å². The number of hydrogen-bond acceptors (Lipinski definition) is 4. The molecule has 1 aromatic rings. The fraction of sp³-hybridized carbons (Fsp3) is 0.643. The number of rotatable bonds is 6. The van der Waals surface area contributed by atoms with Gasteiger partial charge in [0.15, 0.2) is 0 Å². The highest BCUT2D eigenvalue weighted by Crippen LogP contribution is 2.29. The maximum Gasteiger partial charge on any atom is 0.223 e. The lowest BCUT2D eigenvalue weighted by molar-refractivity contribution is -0.124. The molecule has 0 radical (unpaired) electrons. The van der Waals surface area contributed by atoms with Gasteiger partial charge in [-0.05, 0) is 33.0 Å². The van der Waals surface area contributed by atoms with Gasteiger partial charge in [0.1, 0.15) is 0 Å². The molecule has 1 aromatic heterocycles. The largest absolute Gasteiger partial charge is 0.359 e. The van der Waals surface area contributed by atoms with Gasteiger partial charge in [-0.25, -0.2) is 0 Å². The Morgan fingerprint density at radius 1 is 1.47 bits per heavy atom. The predicted molar refractivity (Wildman–Crippen MR) is 81.3 cm³/mol. The van der Waals surface area contributed by atoms with E-state index in [-0.39, 0.29) is 23.9 Å². The van der Waals surface area contributed by atoms with E-state index in [1.807, 2.05) is 20.9 Å². The summed E-state index contributed by atoms with van der Waals surface area (Å²) in [7, 11) is 3.70. The van der Waals surface area contributed by atoms with Gasteiger partial charge in [-0.2, -0.15) is 0 Å². The van der Waals surface area contributed by atoms with Crippen molar-refractivity contribution in [3.05, 3.63) is 21.9 Å². The summed E-state index contributed by atoms with van der Waals surface area (Å²) < 4.78 is 0. The van der Waals surface area contributed by atoms with Crippen molar-refractivity contribution < 1.29 is 4.79 Å². The van der Waals surface area contributed by atoms with Crippen LogP contribution in [0, 0.1) is 12.8 Å². The summed E-state index contributed by atoms with van der Waals surface area (Å²) in [5.41, 5.74) is 6.13. The van der Waals surface area contributed by atoms with Crippen molar-refractivity contribution in [3.63, 3.8) is 0 Å². The maximum atomic E-state index is 11.6. The Bertz CT molecular complexity index is 417. The van der Waals surface area contributed by atoms with E-state index >= 15 is 0 Å². The zero-order valence-electron chi connectivity index (χ0n) is 12.4. The summed E-state index contributed by atoms with van der Waals surface area (Å²) in [5, 5.41) is 2.69. The second-order valence-corrected chi connectivity index (χ2v) is 6.53. The minimum absolute atomic E-state index is 0.0277. The number of nitrogens with two attached hydrogens (primary N) is 1. The maximum absolute atomic E-state index is 11.6.